The van der Waals surface area contributed by atoms with E-state index >= 15 is 0 Å². The van der Waals surface area contributed by atoms with Gasteiger partial charge in [-0.15, -0.1) is 0 Å². The number of fused-ring (bicyclic) bond motifs is 4. The Morgan fingerprint density at radius 2 is 1.03 bits per heavy atom. The number of hydrogen-bond donors (Lipinski definition) is 4. The number of amides is 2. The lowest BCUT2D eigenvalue weighted by Crippen LogP contribution is -2.39. The summed E-state index contributed by atoms with van der Waals surface area (Å²) in [5, 5.41) is 25.7. The Labute approximate surface area is 527 Å². The molecule has 0 saturated carbocycles. The number of aryl methyl sites for hydroxylation is 2. The molecule has 6 aromatic heterocycles. The molecule has 8 atom stereocenters. The normalized spacial score (nSPS) is 27.6. The molecule has 2 amide bonds. The third kappa shape index (κ3) is 15.1. The molecule has 8 aliphatic heterocycles. The number of ether oxygens (including phenoxy) is 2. The van der Waals surface area contributed by atoms with Crippen molar-refractivity contribution in [3.05, 3.63) is 84.9 Å². The lowest BCUT2D eigenvalue weighted by molar-refractivity contribution is 0.0263. The highest BCUT2D eigenvalue weighted by Crippen LogP contribution is 2.46. The van der Waals surface area contributed by atoms with Gasteiger partial charge in [0.2, 0.25) is 17.2 Å². The molecule has 480 valence electrons. The minimum absolute atomic E-state index is 0.0499. The summed E-state index contributed by atoms with van der Waals surface area (Å²) in [5.41, 5.74) is 1.84. The fourth-order valence-electron chi connectivity index (χ4n) is 14.1. The second kappa shape index (κ2) is 25.1. The van der Waals surface area contributed by atoms with Crippen LogP contribution in [0.15, 0.2) is 78.4 Å². The summed E-state index contributed by atoms with van der Waals surface area (Å²) in [6.07, 6.45) is 14.0. The van der Waals surface area contributed by atoms with Crippen molar-refractivity contribution in [3.63, 3.8) is 0 Å². The van der Waals surface area contributed by atoms with Gasteiger partial charge in [0.25, 0.3) is 0 Å². The van der Waals surface area contributed by atoms with Gasteiger partial charge in [0.1, 0.15) is 28.7 Å². The fraction of sp³-hybridized carbons (Fsp3) is 0.629. The summed E-state index contributed by atoms with van der Waals surface area (Å²) in [5.74, 6) is 7.27. The first kappa shape index (κ1) is 63.2. The molecule has 4 N–H and O–H groups in total. The number of hydrogen-bond acceptors (Lipinski definition) is 22. The van der Waals surface area contributed by atoms with Gasteiger partial charge >= 0.3 is 12.2 Å². The lowest BCUT2D eigenvalue weighted by Gasteiger charge is -2.28. The predicted molar refractivity (Wildman–Crippen MR) is 340 cm³/mol. The van der Waals surface area contributed by atoms with Crippen LogP contribution in [0.1, 0.15) is 75.0 Å². The van der Waals surface area contributed by atoms with Gasteiger partial charge in [-0.2, -0.15) is 20.2 Å². The Kier molecular flexibility index (Phi) is 17.8. The lowest BCUT2D eigenvalue weighted by atomic mass is 9.83. The summed E-state index contributed by atoms with van der Waals surface area (Å²) in [6.45, 7) is 36.7. The highest BCUT2D eigenvalue weighted by molar-refractivity contribution is 6.28. The molecule has 0 unspecified atom stereocenters. The number of halogens is 1. The number of carbonyl (C=O) groups is 2. The smallest absolute Gasteiger partial charge is 0.410 e. The van der Waals surface area contributed by atoms with Crippen molar-refractivity contribution >= 4 is 64.5 Å². The highest BCUT2D eigenvalue weighted by Gasteiger charge is 2.53. The molecule has 0 radical (unpaired) electrons. The zero-order valence-corrected chi connectivity index (χ0v) is 54.5. The van der Waals surface area contributed by atoms with Gasteiger partial charge in [-0.3, -0.25) is 14.3 Å². The predicted octanol–water partition coefficient (Wildman–Crippen LogP) is 7.19. The summed E-state index contributed by atoms with van der Waals surface area (Å²) in [7, 11) is 3.78. The molecule has 14 rings (SSSR count). The largest absolute Gasteiger partial charge is 0.444 e. The van der Waals surface area contributed by atoms with Crippen molar-refractivity contribution in [1.82, 2.24) is 80.0 Å². The molecule has 89 heavy (non-hydrogen) atoms. The summed E-state index contributed by atoms with van der Waals surface area (Å²) < 4.78 is 19.7. The monoisotopic (exact) mass is 1240 g/mol. The van der Waals surface area contributed by atoms with Gasteiger partial charge in [-0.25, -0.2) is 29.5 Å². The number of aromatic nitrogens is 11. The average Bonchev–Trinajstić information content (AvgIpc) is 1.76. The number of carbonyl (C=O) groups excluding carboxylic acids is 2. The van der Waals surface area contributed by atoms with E-state index in [1.54, 1.807) is 34.2 Å². The average molecular weight is 1240 g/mol. The topological polar surface area (TPSA) is 259 Å². The third-order valence-electron chi connectivity index (χ3n) is 18.8. The molecule has 0 aliphatic carbocycles. The molecule has 6 aromatic rings. The minimum atomic E-state index is -0.459. The zero-order valence-electron chi connectivity index (χ0n) is 53.8. The van der Waals surface area contributed by atoms with Gasteiger partial charge in [-0.1, -0.05) is 32.9 Å². The van der Waals surface area contributed by atoms with E-state index in [0.29, 0.717) is 47.5 Å². The van der Waals surface area contributed by atoms with Crippen molar-refractivity contribution in [1.29, 1.82) is 0 Å². The molecule has 27 heteroatoms. The van der Waals surface area contributed by atoms with E-state index in [4.69, 9.17) is 30.6 Å². The number of likely N-dealkylation sites (tertiary alicyclic amines) is 3. The number of nitrogens with zero attached hydrogens (tertiary/aromatic N) is 17. The third-order valence-corrected chi connectivity index (χ3v) is 19.0. The van der Waals surface area contributed by atoms with Crippen LogP contribution in [0.3, 0.4) is 0 Å². The Hall–Kier alpha value is -7.42. The van der Waals surface area contributed by atoms with Crippen LogP contribution < -0.4 is 36.0 Å². The van der Waals surface area contributed by atoms with Crippen LogP contribution in [0.25, 0.3) is 0 Å². The maximum Gasteiger partial charge on any atom is 0.410 e. The fourth-order valence-corrected chi connectivity index (χ4v) is 14.3. The first-order valence-electron chi connectivity index (χ1n) is 31.1. The Balaban J connectivity index is 0.000000125. The Morgan fingerprint density at radius 3 is 1.48 bits per heavy atom. The van der Waals surface area contributed by atoms with Crippen LogP contribution in [-0.2, 0) is 30.1 Å². The number of rotatable bonds is 9. The van der Waals surface area contributed by atoms with E-state index in [2.05, 4.69) is 109 Å². The molecule has 0 aromatic carbocycles. The zero-order chi connectivity index (χ0) is 63.1. The second-order valence-corrected chi connectivity index (χ2v) is 29.2. The van der Waals surface area contributed by atoms with Crippen LogP contribution in [0, 0.1) is 45.3 Å². The van der Waals surface area contributed by atoms with Crippen molar-refractivity contribution in [2.24, 2.45) is 59.4 Å². The number of anilines is 7. The molecule has 14 heterocycles. The van der Waals surface area contributed by atoms with Crippen LogP contribution in [-0.4, -0.2) is 197 Å². The Morgan fingerprint density at radius 1 is 0.584 bits per heavy atom. The maximum atomic E-state index is 12.3. The van der Waals surface area contributed by atoms with Crippen LogP contribution in [0.5, 0.6) is 0 Å². The van der Waals surface area contributed by atoms with Gasteiger partial charge in [0, 0.05) is 183 Å². The molecule has 8 saturated heterocycles. The summed E-state index contributed by atoms with van der Waals surface area (Å²) in [4.78, 5) is 63.6. The molecular weight excluding hydrogens is 1150 g/mol. The molecule has 8 fully saturated rings. The van der Waals surface area contributed by atoms with Gasteiger partial charge in [0.15, 0.2) is 5.76 Å². The quantitative estimate of drug-likeness (QED) is 0.104. The highest BCUT2D eigenvalue weighted by atomic mass is 35.5. The summed E-state index contributed by atoms with van der Waals surface area (Å²) in [6, 6.07) is 7.81. The SMILES string of the molecule is CC(C)(C)OC(=O)N1C[C@H]2CN(c3ccnc(Cl)n3)C[C@@]2(C)C1.CC(C)(C)OC(=O)N1C[C@H]2CNC[C@@]2(C)C1.Cn1cc(Nc2nccc(N3C[C@@H]4CN(Cc5ccno5)C[C@]4(C)C3)n2)cn1.Cn1cc(Nc2nccc(N3C[C@@H]4CNC[C@]4(C)C3)n2)cn1. The molecule has 0 bridgehead atoms. The van der Waals surface area contributed by atoms with Crippen molar-refractivity contribution < 1.29 is 23.6 Å². The van der Waals surface area contributed by atoms with Gasteiger partial charge in [-0.05, 0) is 89.1 Å². The molecular formula is C62H90ClN21O5. The van der Waals surface area contributed by atoms with Crippen LogP contribution in [0.4, 0.5) is 50.3 Å². The van der Waals surface area contributed by atoms with Gasteiger partial charge in [0.05, 0.1) is 36.5 Å². The van der Waals surface area contributed by atoms with Crippen molar-refractivity contribution in [3.8, 4) is 0 Å². The van der Waals surface area contributed by atoms with Crippen molar-refractivity contribution in [2.45, 2.75) is 87.0 Å². The Bertz CT molecular complexity index is 3410. The van der Waals surface area contributed by atoms with E-state index in [1.165, 1.54) is 0 Å². The number of nitrogens with one attached hydrogen (secondary N) is 4. The standard InChI is InChI=1S/C19H24N8O.C16H23ClN4O2.C15H21N7.C12H22N2O2/c1-19-12-26(11-16-3-6-22-28-16)8-14(19)9-27(13-19)17-4-5-20-18(24-17)23-15-7-21-25(2)10-15;1-15(2,3)23-14(22)21-8-11-7-20(9-16(11,4)10-21)12-5-6-18-13(17)19-12;1-15-9-16-5-11(15)7-22(10-15)13-3-4-17-14(20-13)19-12-6-18-21(2)8-12;1-11(2,3)16-10(15)14-6-9-5-13-7-12(9,4)8-14/h3-7,10,14H,8-9,11-13H2,1-2H3,(H,20,23,24);5-6,11H,7-10H2,1-4H3;3-4,6,8,11,16H,5,7,9-10H2,1-2H3,(H,17,19,20);9,13H,5-8H2,1-4H3/t14-,19+;11-,16+;11-,15+;9-,12+/m0101/s1. The van der Waals surface area contributed by atoms with Crippen LogP contribution >= 0.6 is 11.6 Å². The van der Waals surface area contributed by atoms with Crippen LogP contribution in [0.2, 0.25) is 5.28 Å². The minimum Gasteiger partial charge on any atom is -0.444 e. The second-order valence-electron chi connectivity index (χ2n) is 28.9. The first-order valence-corrected chi connectivity index (χ1v) is 31.4. The van der Waals surface area contributed by atoms with E-state index in [0.717, 1.165) is 139 Å². The van der Waals surface area contributed by atoms with Crippen molar-refractivity contribution in [2.75, 3.05) is 130 Å². The maximum absolute atomic E-state index is 12.3. The van der Waals surface area contributed by atoms with Gasteiger partial charge < -0.3 is 59.8 Å². The molecule has 0 spiro atoms. The molecule has 26 nitrogen and oxygen atoms in total. The first-order chi connectivity index (χ1) is 42.2. The van der Waals surface area contributed by atoms with E-state index < -0.39 is 11.2 Å². The van der Waals surface area contributed by atoms with E-state index in [-0.39, 0.29) is 33.7 Å². The van der Waals surface area contributed by atoms with E-state index in [9.17, 15) is 9.59 Å². The van der Waals surface area contributed by atoms with E-state index in [1.807, 2.05) is 114 Å². The molecule has 8 aliphatic rings. The summed E-state index contributed by atoms with van der Waals surface area (Å²) >= 11 is 5.89.